The largest absolute Gasteiger partial charge is 0.462 e. The van der Waals surface area contributed by atoms with E-state index in [-0.39, 0.29) is 35.7 Å². The molecule has 2 saturated carbocycles. The van der Waals surface area contributed by atoms with Crippen LogP contribution in [0.2, 0.25) is 0 Å². The summed E-state index contributed by atoms with van der Waals surface area (Å²) in [4.78, 5) is 51.1. The average molecular weight is 601 g/mol. The first-order chi connectivity index (χ1) is 19.7. The van der Waals surface area contributed by atoms with Gasteiger partial charge in [0.25, 0.3) is 0 Å². The van der Waals surface area contributed by atoms with Crippen molar-refractivity contribution < 1.29 is 43.6 Å². The molecule has 43 heavy (non-hydrogen) atoms. The van der Waals surface area contributed by atoms with Gasteiger partial charge in [-0.2, -0.15) is 0 Å². The third-order valence-electron chi connectivity index (χ3n) is 12.0. The highest BCUT2D eigenvalue weighted by molar-refractivity contribution is 5.95. The van der Waals surface area contributed by atoms with Crippen LogP contribution in [-0.4, -0.2) is 63.9 Å². The fourth-order valence-electron chi connectivity index (χ4n) is 10.4. The van der Waals surface area contributed by atoms with E-state index >= 15 is 0 Å². The van der Waals surface area contributed by atoms with Crippen LogP contribution in [0.5, 0.6) is 0 Å². The Morgan fingerprint density at radius 1 is 1.05 bits per heavy atom. The van der Waals surface area contributed by atoms with Crippen LogP contribution >= 0.6 is 0 Å². The number of ketones is 2. The molecule has 11 atom stereocenters. The van der Waals surface area contributed by atoms with E-state index in [2.05, 4.69) is 26.8 Å². The Morgan fingerprint density at radius 2 is 1.67 bits per heavy atom. The minimum absolute atomic E-state index is 0.0262. The van der Waals surface area contributed by atoms with Crippen molar-refractivity contribution in [2.45, 2.75) is 118 Å². The number of rotatable bonds is 4. The van der Waals surface area contributed by atoms with Crippen molar-refractivity contribution in [1.82, 2.24) is 0 Å². The summed E-state index contributed by atoms with van der Waals surface area (Å²) in [6, 6.07) is 0. The number of Topliss-reactive ketones (excluding diaryl/α,β-unsaturated/α-hetero) is 1. The highest BCUT2D eigenvalue weighted by atomic mass is 16.7. The lowest BCUT2D eigenvalue weighted by molar-refractivity contribution is -0.251. The van der Waals surface area contributed by atoms with E-state index in [0.29, 0.717) is 19.3 Å². The van der Waals surface area contributed by atoms with Crippen molar-refractivity contribution in [3.8, 4) is 0 Å². The van der Waals surface area contributed by atoms with Crippen molar-refractivity contribution in [3.05, 3.63) is 23.8 Å². The molecule has 0 aromatic rings. The highest BCUT2D eigenvalue weighted by Gasteiger charge is 2.71. The predicted octanol–water partition coefficient (Wildman–Crippen LogP) is 4.08. The monoisotopic (exact) mass is 600 g/mol. The average Bonchev–Trinajstić information content (AvgIpc) is 3.20. The van der Waals surface area contributed by atoms with Crippen molar-refractivity contribution in [2.24, 2.45) is 45.3 Å². The van der Waals surface area contributed by atoms with Crippen molar-refractivity contribution in [2.75, 3.05) is 0 Å². The molecular weight excluding hydrogens is 552 g/mol. The molecule has 0 amide bonds. The molecule has 3 fully saturated rings. The molecule has 1 aliphatic heterocycles. The number of hydrogen-bond donors (Lipinski definition) is 2. The molecular formula is C34H48O9. The van der Waals surface area contributed by atoms with Crippen molar-refractivity contribution in [1.29, 1.82) is 0 Å². The fourth-order valence-corrected chi connectivity index (χ4v) is 10.4. The summed E-state index contributed by atoms with van der Waals surface area (Å²) in [6.07, 6.45) is 3.67. The Labute approximate surface area is 254 Å². The summed E-state index contributed by atoms with van der Waals surface area (Å²) < 4.78 is 17.8. The Morgan fingerprint density at radius 3 is 2.26 bits per heavy atom. The van der Waals surface area contributed by atoms with E-state index in [4.69, 9.17) is 14.2 Å². The SMILES string of the molecule is CC(=O)OC1OC(C(C)(C)O)C(=O)CC1C1CC=C2C1(C)CC(O)C1C3(C)C=CC(=O)C(C)(C)C3CC(OC(C)=O)C21C. The molecule has 5 aliphatic rings. The standard InChI is InChI=1S/C34H48O9/c1-17(35)41-26-15-24-30(3,4)25(39)12-13-32(24,7)27-22(38)16-33(8)20(10-11-23(33)34(26,27)9)19-14-21(37)28(31(5,6)40)43-29(19)42-18(2)36/h11-13,19-20,22,24,26-29,38,40H,10,14-16H2,1-9H3. The van der Waals surface area contributed by atoms with Gasteiger partial charge in [0.2, 0.25) is 6.29 Å². The zero-order valence-electron chi connectivity index (χ0n) is 26.9. The number of carbonyl (C=O) groups is 4. The van der Waals surface area contributed by atoms with E-state index in [9.17, 15) is 29.4 Å². The smallest absolute Gasteiger partial charge is 0.304 e. The first-order valence-electron chi connectivity index (χ1n) is 15.6. The quantitative estimate of drug-likeness (QED) is 0.361. The first kappa shape index (κ1) is 32.0. The number of esters is 2. The molecule has 4 aliphatic carbocycles. The van der Waals surface area contributed by atoms with Crippen molar-refractivity contribution in [3.63, 3.8) is 0 Å². The van der Waals surface area contributed by atoms with E-state index in [1.807, 2.05) is 19.9 Å². The van der Waals surface area contributed by atoms with Crippen LogP contribution in [0.15, 0.2) is 23.8 Å². The second kappa shape index (κ2) is 10.1. The Kier molecular flexibility index (Phi) is 7.51. The van der Waals surface area contributed by atoms with Crippen LogP contribution in [0.3, 0.4) is 0 Å². The molecule has 0 aromatic heterocycles. The van der Waals surface area contributed by atoms with Crippen LogP contribution in [0.1, 0.15) is 88.0 Å². The maximum absolute atomic E-state index is 13.3. The number of aliphatic hydroxyl groups is 2. The van der Waals surface area contributed by atoms with Gasteiger partial charge in [0.05, 0.1) is 11.7 Å². The molecule has 9 heteroatoms. The minimum atomic E-state index is -1.46. The molecule has 0 spiro atoms. The molecule has 0 aromatic carbocycles. The highest BCUT2D eigenvalue weighted by Crippen LogP contribution is 2.72. The van der Waals surface area contributed by atoms with Crippen molar-refractivity contribution >= 4 is 23.5 Å². The summed E-state index contributed by atoms with van der Waals surface area (Å²) >= 11 is 0. The zero-order valence-corrected chi connectivity index (χ0v) is 26.9. The number of ether oxygens (including phenoxy) is 3. The second-order valence-electron chi connectivity index (χ2n) is 15.6. The van der Waals surface area contributed by atoms with Crippen LogP contribution in [0.4, 0.5) is 0 Å². The summed E-state index contributed by atoms with van der Waals surface area (Å²) in [5, 5.41) is 22.8. The van der Waals surface area contributed by atoms with Crippen LogP contribution < -0.4 is 0 Å². The molecule has 9 nitrogen and oxygen atoms in total. The second-order valence-corrected chi connectivity index (χ2v) is 15.6. The van der Waals surface area contributed by atoms with E-state index in [0.717, 1.165) is 5.57 Å². The van der Waals surface area contributed by atoms with Crippen LogP contribution in [-0.2, 0) is 33.4 Å². The topological polar surface area (TPSA) is 136 Å². The van der Waals surface area contributed by atoms with Gasteiger partial charge in [-0.05, 0) is 61.9 Å². The van der Waals surface area contributed by atoms with E-state index < -0.39 is 69.7 Å². The molecule has 238 valence electrons. The van der Waals surface area contributed by atoms with E-state index in [1.54, 1.807) is 6.08 Å². The third-order valence-corrected chi connectivity index (χ3v) is 12.0. The number of fused-ring (bicyclic) bond motifs is 5. The van der Waals surface area contributed by atoms with Gasteiger partial charge in [-0.1, -0.05) is 52.3 Å². The summed E-state index contributed by atoms with van der Waals surface area (Å²) in [6.45, 7) is 15.8. The maximum Gasteiger partial charge on any atom is 0.304 e. The van der Waals surface area contributed by atoms with Gasteiger partial charge in [0.15, 0.2) is 11.6 Å². The fraction of sp³-hybridized carbons (Fsp3) is 0.765. The van der Waals surface area contributed by atoms with Gasteiger partial charge in [0, 0.05) is 42.9 Å². The molecule has 5 rings (SSSR count). The zero-order chi connectivity index (χ0) is 32.1. The van der Waals surface area contributed by atoms with Gasteiger partial charge in [-0.25, -0.2) is 0 Å². The van der Waals surface area contributed by atoms with Gasteiger partial charge in [0.1, 0.15) is 12.2 Å². The number of aliphatic hydroxyl groups excluding tert-OH is 1. The maximum atomic E-state index is 13.3. The normalized spacial score (nSPS) is 45.4. The first-order valence-corrected chi connectivity index (χ1v) is 15.6. The third kappa shape index (κ3) is 4.67. The number of hydrogen-bond acceptors (Lipinski definition) is 9. The number of carbonyl (C=O) groups excluding carboxylic acids is 4. The minimum Gasteiger partial charge on any atom is -0.462 e. The van der Waals surface area contributed by atoms with Crippen LogP contribution in [0.25, 0.3) is 0 Å². The Bertz CT molecular complexity index is 1290. The predicted molar refractivity (Wildman–Crippen MR) is 156 cm³/mol. The van der Waals surface area contributed by atoms with Gasteiger partial charge < -0.3 is 24.4 Å². The van der Waals surface area contributed by atoms with Gasteiger partial charge in [-0.3, -0.25) is 19.2 Å². The van der Waals surface area contributed by atoms with Gasteiger partial charge >= 0.3 is 11.9 Å². The van der Waals surface area contributed by atoms with Gasteiger partial charge in [-0.15, -0.1) is 0 Å². The summed E-state index contributed by atoms with van der Waals surface area (Å²) in [5.41, 5.74) is -3.06. The lowest BCUT2D eigenvalue weighted by Gasteiger charge is -2.67. The Balaban J connectivity index is 1.59. The molecule has 2 N–H and O–H groups in total. The summed E-state index contributed by atoms with van der Waals surface area (Å²) in [7, 11) is 0. The Hall–Kier alpha value is -2.36. The van der Waals surface area contributed by atoms with E-state index in [1.165, 1.54) is 27.7 Å². The molecule has 0 bridgehead atoms. The molecule has 11 unspecified atom stereocenters. The lowest BCUT2D eigenvalue weighted by Crippen LogP contribution is -2.68. The van der Waals surface area contributed by atoms with Crippen LogP contribution in [0, 0.1) is 45.3 Å². The molecule has 0 radical (unpaired) electrons. The molecule has 1 saturated heterocycles. The summed E-state index contributed by atoms with van der Waals surface area (Å²) in [5.74, 6) is -2.44. The molecule has 1 heterocycles. The lowest BCUT2D eigenvalue weighted by atomic mass is 9.37. The number of allylic oxidation sites excluding steroid dienone is 3.